The molecule has 1 nitrogen and oxygen atoms in total. The van der Waals surface area contributed by atoms with Crippen LogP contribution in [0.5, 0.6) is 0 Å². The molecule has 2 aliphatic rings. The zero-order valence-electron chi connectivity index (χ0n) is 7.00. The Kier molecular flexibility index (Phi) is 1.85. The molecule has 0 fully saturated rings. The van der Waals surface area contributed by atoms with Crippen molar-refractivity contribution in [2.45, 2.75) is 19.4 Å². The van der Waals surface area contributed by atoms with Crippen molar-refractivity contribution in [3.8, 4) is 0 Å². The molecule has 62 valence electrons. The SMILES string of the molecule is CC1=CC=C2CC=CC(=S)C2N1. The quantitative estimate of drug-likeness (QED) is 0.569. The van der Waals surface area contributed by atoms with Gasteiger partial charge in [0.05, 0.1) is 6.04 Å². The van der Waals surface area contributed by atoms with E-state index in [2.05, 4.69) is 30.5 Å². The van der Waals surface area contributed by atoms with E-state index in [1.165, 1.54) is 11.3 Å². The van der Waals surface area contributed by atoms with E-state index in [-0.39, 0.29) is 6.04 Å². The van der Waals surface area contributed by atoms with E-state index in [1.54, 1.807) is 0 Å². The Morgan fingerprint density at radius 2 is 2.33 bits per heavy atom. The Bertz CT molecular complexity index is 310. The minimum absolute atomic E-state index is 0.287. The molecule has 1 atom stereocenters. The van der Waals surface area contributed by atoms with Gasteiger partial charge in [0.25, 0.3) is 0 Å². The number of thiocarbonyl (C=S) groups is 1. The molecule has 1 N–H and O–H groups in total. The van der Waals surface area contributed by atoms with Crippen molar-refractivity contribution in [2.24, 2.45) is 0 Å². The zero-order valence-corrected chi connectivity index (χ0v) is 7.82. The molecule has 1 heterocycles. The van der Waals surface area contributed by atoms with Crippen molar-refractivity contribution >= 4 is 17.1 Å². The first-order chi connectivity index (χ1) is 5.77. The average molecular weight is 177 g/mol. The van der Waals surface area contributed by atoms with Gasteiger partial charge in [-0.3, -0.25) is 0 Å². The van der Waals surface area contributed by atoms with Crippen molar-refractivity contribution in [3.63, 3.8) is 0 Å². The summed E-state index contributed by atoms with van der Waals surface area (Å²) in [6.45, 7) is 2.06. The van der Waals surface area contributed by atoms with Gasteiger partial charge in [0.2, 0.25) is 0 Å². The second-order valence-electron chi connectivity index (χ2n) is 3.18. The highest BCUT2D eigenvalue weighted by molar-refractivity contribution is 7.80. The van der Waals surface area contributed by atoms with E-state index in [9.17, 15) is 0 Å². The maximum absolute atomic E-state index is 5.24. The topological polar surface area (TPSA) is 12.0 Å². The van der Waals surface area contributed by atoms with Crippen LogP contribution in [0.15, 0.2) is 35.6 Å². The lowest BCUT2D eigenvalue weighted by Crippen LogP contribution is -2.38. The summed E-state index contributed by atoms with van der Waals surface area (Å²) in [5.41, 5.74) is 2.58. The van der Waals surface area contributed by atoms with Gasteiger partial charge in [0, 0.05) is 10.6 Å². The molecule has 0 aromatic carbocycles. The van der Waals surface area contributed by atoms with Crippen LogP contribution in [0.3, 0.4) is 0 Å². The summed E-state index contributed by atoms with van der Waals surface area (Å²) in [6, 6.07) is 0.287. The monoisotopic (exact) mass is 177 g/mol. The fraction of sp³-hybridized carbons (Fsp3) is 0.300. The number of fused-ring (bicyclic) bond motifs is 1. The maximum Gasteiger partial charge on any atom is 0.0831 e. The summed E-state index contributed by atoms with van der Waals surface area (Å²) in [6.07, 6.45) is 9.46. The van der Waals surface area contributed by atoms with Crippen molar-refractivity contribution < 1.29 is 0 Å². The molecule has 12 heavy (non-hydrogen) atoms. The summed E-state index contributed by atoms with van der Waals surface area (Å²) < 4.78 is 0. The molecule has 1 aliphatic carbocycles. The molecular formula is C10H11NS. The van der Waals surface area contributed by atoms with Crippen LogP contribution in [0.25, 0.3) is 0 Å². The second kappa shape index (κ2) is 2.87. The second-order valence-corrected chi connectivity index (χ2v) is 3.65. The van der Waals surface area contributed by atoms with Gasteiger partial charge in [0.1, 0.15) is 0 Å². The first-order valence-corrected chi connectivity index (χ1v) is 4.52. The van der Waals surface area contributed by atoms with Crippen molar-refractivity contribution in [3.05, 3.63) is 35.6 Å². The number of dihydropyridines is 1. The Hall–Kier alpha value is -0.890. The highest BCUT2D eigenvalue weighted by Crippen LogP contribution is 2.20. The standard InChI is InChI=1S/C10H11NS/c1-7-5-6-8-3-2-4-9(12)10(8)11-7/h2,4-6,10-11H,3H2,1H3. The number of hydrogen-bond donors (Lipinski definition) is 1. The predicted octanol–water partition coefficient (Wildman–Crippen LogP) is 2.12. The highest BCUT2D eigenvalue weighted by Gasteiger charge is 2.21. The van der Waals surface area contributed by atoms with Crippen molar-refractivity contribution in [1.29, 1.82) is 0 Å². The molecule has 0 saturated heterocycles. The van der Waals surface area contributed by atoms with Crippen LogP contribution in [-0.2, 0) is 0 Å². The van der Waals surface area contributed by atoms with Crippen LogP contribution in [0.1, 0.15) is 13.3 Å². The normalized spacial score (nSPS) is 27.1. The van der Waals surface area contributed by atoms with Gasteiger partial charge < -0.3 is 5.32 Å². The Labute approximate surface area is 77.9 Å². The molecular weight excluding hydrogens is 166 g/mol. The van der Waals surface area contributed by atoms with Gasteiger partial charge in [0.15, 0.2) is 0 Å². The van der Waals surface area contributed by atoms with E-state index in [4.69, 9.17) is 12.2 Å². The fourth-order valence-electron chi connectivity index (χ4n) is 1.54. The van der Waals surface area contributed by atoms with Gasteiger partial charge in [-0.2, -0.15) is 0 Å². The minimum Gasteiger partial charge on any atom is -0.377 e. The van der Waals surface area contributed by atoms with E-state index in [0.717, 1.165) is 11.3 Å². The molecule has 0 radical (unpaired) electrons. The zero-order chi connectivity index (χ0) is 8.55. The van der Waals surface area contributed by atoms with Gasteiger partial charge in [-0.05, 0) is 31.1 Å². The number of allylic oxidation sites excluding steroid dienone is 4. The molecule has 1 unspecified atom stereocenters. The molecule has 2 rings (SSSR count). The number of hydrogen-bond acceptors (Lipinski definition) is 2. The average Bonchev–Trinajstić information content (AvgIpc) is 2.07. The summed E-state index contributed by atoms with van der Waals surface area (Å²) in [7, 11) is 0. The van der Waals surface area contributed by atoms with E-state index in [1.807, 2.05) is 6.08 Å². The summed E-state index contributed by atoms with van der Waals surface area (Å²) in [5, 5.41) is 3.37. The molecule has 0 bridgehead atoms. The molecule has 0 saturated carbocycles. The molecule has 0 amide bonds. The smallest absolute Gasteiger partial charge is 0.0831 e. The third-order valence-electron chi connectivity index (χ3n) is 2.21. The molecule has 0 aromatic rings. The number of rotatable bonds is 0. The van der Waals surface area contributed by atoms with E-state index >= 15 is 0 Å². The first-order valence-electron chi connectivity index (χ1n) is 4.11. The summed E-state index contributed by atoms with van der Waals surface area (Å²) in [5.74, 6) is 0. The van der Waals surface area contributed by atoms with Crippen LogP contribution >= 0.6 is 12.2 Å². The van der Waals surface area contributed by atoms with E-state index < -0.39 is 0 Å². The molecule has 0 aromatic heterocycles. The Morgan fingerprint density at radius 3 is 3.17 bits per heavy atom. The van der Waals surface area contributed by atoms with Crippen LogP contribution in [0.2, 0.25) is 0 Å². The lowest BCUT2D eigenvalue weighted by Gasteiger charge is -2.27. The molecule has 1 aliphatic heterocycles. The lowest BCUT2D eigenvalue weighted by molar-refractivity contribution is 0.754. The first kappa shape index (κ1) is 7.74. The van der Waals surface area contributed by atoms with Crippen molar-refractivity contribution in [2.75, 3.05) is 0 Å². The van der Waals surface area contributed by atoms with Crippen LogP contribution in [-0.4, -0.2) is 10.9 Å². The summed E-state index contributed by atoms with van der Waals surface area (Å²) >= 11 is 5.24. The minimum atomic E-state index is 0.287. The van der Waals surface area contributed by atoms with Crippen molar-refractivity contribution in [1.82, 2.24) is 5.32 Å². The maximum atomic E-state index is 5.24. The lowest BCUT2D eigenvalue weighted by atomic mass is 9.92. The fourth-order valence-corrected chi connectivity index (χ4v) is 1.85. The third kappa shape index (κ3) is 1.23. The van der Waals surface area contributed by atoms with E-state index in [0.29, 0.717) is 0 Å². The van der Waals surface area contributed by atoms with Crippen LogP contribution < -0.4 is 5.32 Å². The van der Waals surface area contributed by atoms with Gasteiger partial charge in [-0.15, -0.1) is 0 Å². The van der Waals surface area contributed by atoms with Gasteiger partial charge >= 0.3 is 0 Å². The third-order valence-corrected chi connectivity index (χ3v) is 2.58. The predicted molar refractivity (Wildman–Crippen MR) is 55.1 cm³/mol. The summed E-state index contributed by atoms with van der Waals surface area (Å²) in [4.78, 5) is 1.000. The van der Waals surface area contributed by atoms with Crippen LogP contribution in [0, 0.1) is 0 Å². The highest BCUT2D eigenvalue weighted by atomic mass is 32.1. The van der Waals surface area contributed by atoms with Crippen LogP contribution in [0.4, 0.5) is 0 Å². The van der Waals surface area contributed by atoms with Gasteiger partial charge in [-0.25, -0.2) is 0 Å². The Morgan fingerprint density at radius 1 is 1.50 bits per heavy atom. The Balaban J connectivity index is 2.34. The largest absolute Gasteiger partial charge is 0.377 e. The molecule has 2 heteroatoms. The van der Waals surface area contributed by atoms with Gasteiger partial charge in [-0.1, -0.05) is 24.4 Å². The number of nitrogens with one attached hydrogen (secondary N) is 1. The molecule has 0 spiro atoms.